The molecule has 3 heterocycles. The van der Waals surface area contributed by atoms with Crippen LogP contribution < -0.4 is 10.6 Å². The summed E-state index contributed by atoms with van der Waals surface area (Å²) in [5, 5.41) is 14.3. The summed E-state index contributed by atoms with van der Waals surface area (Å²) in [7, 11) is 0. The van der Waals surface area contributed by atoms with Crippen LogP contribution in [0.1, 0.15) is 37.6 Å². The number of carbonyl (C=O) groups is 1. The first-order valence-corrected chi connectivity index (χ1v) is 7.98. The summed E-state index contributed by atoms with van der Waals surface area (Å²) in [6.07, 6.45) is 2.66. The van der Waals surface area contributed by atoms with E-state index in [0.29, 0.717) is 5.88 Å². The first kappa shape index (κ1) is 15.7. The molecule has 3 rings (SSSR count). The molecule has 2 aromatic heterocycles. The maximum Gasteiger partial charge on any atom is 0.243 e. The molecule has 2 atom stereocenters. The number of fused-ring (bicyclic) bond motifs is 1. The largest absolute Gasteiger partial charge is 0.338 e. The van der Waals surface area contributed by atoms with E-state index in [-0.39, 0.29) is 18.0 Å². The molecule has 0 saturated carbocycles. The number of rotatable bonds is 5. The Labute approximate surface area is 134 Å². The van der Waals surface area contributed by atoms with Crippen LogP contribution in [0, 0.1) is 6.92 Å². The smallest absolute Gasteiger partial charge is 0.243 e. The van der Waals surface area contributed by atoms with Gasteiger partial charge < -0.3 is 9.84 Å². The van der Waals surface area contributed by atoms with Crippen molar-refractivity contribution in [2.75, 3.05) is 5.32 Å². The van der Waals surface area contributed by atoms with Gasteiger partial charge in [-0.25, -0.2) is 9.67 Å². The van der Waals surface area contributed by atoms with Gasteiger partial charge in [0.25, 0.3) is 0 Å². The Morgan fingerprint density at radius 3 is 3.09 bits per heavy atom. The summed E-state index contributed by atoms with van der Waals surface area (Å²) in [4.78, 5) is 16.7. The molecule has 2 aromatic rings. The van der Waals surface area contributed by atoms with Crippen molar-refractivity contribution in [3.8, 4) is 0 Å². The second-order valence-electron chi connectivity index (χ2n) is 5.93. The molecule has 8 heteroatoms. The maximum atomic E-state index is 12.2. The fourth-order valence-electron chi connectivity index (χ4n) is 2.73. The highest BCUT2D eigenvalue weighted by molar-refractivity contribution is 5.93. The van der Waals surface area contributed by atoms with Crippen LogP contribution >= 0.6 is 0 Å². The Balaban J connectivity index is 1.55. The average molecular weight is 318 g/mol. The minimum absolute atomic E-state index is 0.139. The highest BCUT2D eigenvalue weighted by Gasteiger charge is 2.24. The Bertz CT molecular complexity index is 692. The molecular formula is C15H22N6O2. The van der Waals surface area contributed by atoms with E-state index in [9.17, 15) is 4.79 Å². The highest BCUT2D eigenvalue weighted by atomic mass is 16.5. The van der Waals surface area contributed by atoms with Gasteiger partial charge in [0.2, 0.25) is 11.8 Å². The van der Waals surface area contributed by atoms with Crippen molar-refractivity contribution >= 4 is 11.8 Å². The Hall–Kier alpha value is -2.22. The summed E-state index contributed by atoms with van der Waals surface area (Å²) in [5.41, 5.74) is 0.735. The predicted molar refractivity (Wildman–Crippen MR) is 84.0 cm³/mol. The number of aryl methyl sites for hydroxylation is 3. The zero-order valence-corrected chi connectivity index (χ0v) is 13.7. The molecular weight excluding hydrogens is 296 g/mol. The van der Waals surface area contributed by atoms with Crippen LogP contribution in [0.25, 0.3) is 0 Å². The van der Waals surface area contributed by atoms with Crippen LogP contribution in [0.4, 0.5) is 5.88 Å². The topological polar surface area (TPSA) is 97.9 Å². The van der Waals surface area contributed by atoms with Gasteiger partial charge in [0.05, 0.1) is 18.3 Å². The lowest BCUT2D eigenvalue weighted by molar-refractivity contribution is -0.118. The van der Waals surface area contributed by atoms with Crippen LogP contribution in [0.5, 0.6) is 0 Å². The maximum absolute atomic E-state index is 12.2. The molecule has 23 heavy (non-hydrogen) atoms. The van der Waals surface area contributed by atoms with E-state index in [1.807, 2.05) is 18.5 Å². The van der Waals surface area contributed by atoms with Crippen molar-refractivity contribution in [1.29, 1.82) is 0 Å². The monoisotopic (exact) mass is 318 g/mol. The average Bonchev–Trinajstić information content (AvgIpc) is 3.12. The number of nitrogens with one attached hydrogen (secondary N) is 2. The van der Waals surface area contributed by atoms with Gasteiger partial charge >= 0.3 is 0 Å². The van der Waals surface area contributed by atoms with Crippen molar-refractivity contribution < 1.29 is 9.32 Å². The quantitative estimate of drug-likeness (QED) is 0.856. The van der Waals surface area contributed by atoms with Gasteiger partial charge in [-0.05, 0) is 20.3 Å². The third-order valence-electron chi connectivity index (χ3n) is 3.97. The lowest BCUT2D eigenvalue weighted by atomic mass is 10.1. The highest BCUT2D eigenvalue weighted by Crippen LogP contribution is 2.14. The first-order valence-electron chi connectivity index (χ1n) is 7.98. The number of anilines is 1. The van der Waals surface area contributed by atoms with Crippen LogP contribution in [0.2, 0.25) is 0 Å². The number of carbonyl (C=O) groups excluding carboxylic acids is 1. The molecule has 0 spiro atoms. The van der Waals surface area contributed by atoms with E-state index in [4.69, 9.17) is 4.52 Å². The van der Waals surface area contributed by atoms with Gasteiger partial charge in [0.1, 0.15) is 5.82 Å². The van der Waals surface area contributed by atoms with Gasteiger partial charge in [0.15, 0.2) is 5.82 Å². The van der Waals surface area contributed by atoms with Crippen molar-refractivity contribution in [2.45, 2.75) is 58.7 Å². The summed E-state index contributed by atoms with van der Waals surface area (Å²) in [6.45, 7) is 6.44. The van der Waals surface area contributed by atoms with Crippen molar-refractivity contribution in [3.63, 3.8) is 0 Å². The van der Waals surface area contributed by atoms with Gasteiger partial charge in [0, 0.05) is 24.9 Å². The SMILES string of the molecule is CCc1nc2n(n1)C[C@H](N[C@@H](C)C(=O)Nc1cc(C)no1)CC2. The zero-order valence-electron chi connectivity index (χ0n) is 13.7. The predicted octanol–water partition coefficient (Wildman–Crippen LogP) is 1.07. The molecule has 0 aromatic carbocycles. The second-order valence-corrected chi connectivity index (χ2v) is 5.93. The lowest BCUT2D eigenvalue weighted by Gasteiger charge is -2.26. The fraction of sp³-hybridized carbons (Fsp3) is 0.600. The molecule has 0 saturated heterocycles. The summed E-state index contributed by atoms with van der Waals surface area (Å²) < 4.78 is 6.95. The Morgan fingerprint density at radius 1 is 1.57 bits per heavy atom. The second kappa shape index (κ2) is 6.49. The van der Waals surface area contributed by atoms with E-state index >= 15 is 0 Å². The van der Waals surface area contributed by atoms with Crippen LogP contribution in [0.3, 0.4) is 0 Å². The minimum Gasteiger partial charge on any atom is -0.338 e. The molecule has 1 aliphatic rings. The minimum atomic E-state index is -0.332. The van der Waals surface area contributed by atoms with Crippen LogP contribution in [0.15, 0.2) is 10.6 Å². The third kappa shape index (κ3) is 3.58. The van der Waals surface area contributed by atoms with E-state index in [1.165, 1.54) is 0 Å². The molecule has 0 fully saturated rings. The molecule has 124 valence electrons. The van der Waals surface area contributed by atoms with Crippen molar-refractivity contribution in [2.24, 2.45) is 0 Å². The molecule has 1 amide bonds. The lowest BCUT2D eigenvalue weighted by Crippen LogP contribution is -2.47. The fourth-order valence-corrected chi connectivity index (χ4v) is 2.73. The molecule has 0 unspecified atom stereocenters. The third-order valence-corrected chi connectivity index (χ3v) is 3.97. The van der Waals surface area contributed by atoms with Crippen LogP contribution in [-0.4, -0.2) is 37.9 Å². The number of hydrogen-bond acceptors (Lipinski definition) is 6. The number of hydrogen-bond donors (Lipinski definition) is 2. The van der Waals surface area contributed by atoms with Crippen molar-refractivity contribution in [1.82, 2.24) is 25.2 Å². The molecule has 2 N–H and O–H groups in total. The van der Waals surface area contributed by atoms with Gasteiger partial charge in [-0.2, -0.15) is 5.10 Å². The standard InChI is InChI=1S/C15H22N6O2/c1-4-12-17-13-6-5-11(8-21(13)19-12)16-10(3)15(22)18-14-7-9(2)20-23-14/h7,10-11,16H,4-6,8H2,1-3H3,(H,18,22)/t10-,11+/m0/s1. The molecule has 0 aliphatic carbocycles. The Kier molecular flexibility index (Phi) is 4.42. The number of aromatic nitrogens is 4. The van der Waals surface area contributed by atoms with E-state index in [0.717, 1.165) is 43.1 Å². The normalized spacial score (nSPS) is 18.5. The molecule has 0 radical (unpaired) electrons. The van der Waals surface area contributed by atoms with E-state index < -0.39 is 0 Å². The zero-order chi connectivity index (χ0) is 16.4. The van der Waals surface area contributed by atoms with Gasteiger partial charge in [-0.3, -0.25) is 10.1 Å². The van der Waals surface area contributed by atoms with Crippen molar-refractivity contribution in [3.05, 3.63) is 23.4 Å². The van der Waals surface area contributed by atoms with Gasteiger partial charge in [-0.1, -0.05) is 12.1 Å². The number of nitrogens with zero attached hydrogens (tertiary/aromatic N) is 4. The Morgan fingerprint density at radius 2 is 2.39 bits per heavy atom. The summed E-state index contributed by atoms with van der Waals surface area (Å²) >= 11 is 0. The van der Waals surface area contributed by atoms with E-state index in [1.54, 1.807) is 6.07 Å². The molecule has 0 bridgehead atoms. The van der Waals surface area contributed by atoms with Gasteiger partial charge in [-0.15, -0.1) is 0 Å². The van der Waals surface area contributed by atoms with E-state index in [2.05, 4.69) is 32.8 Å². The molecule has 8 nitrogen and oxygen atoms in total. The molecule has 1 aliphatic heterocycles. The summed E-state index contributed by atoms with van der Waals surface area (Å²) in [6, 6.07) is 1.56. The first-order chi connectivity index (χ1) is 11.0. The number of amides is 1. The summed E-state index contributed by atoms with van der Waals surface area (Å²) in [5.74, 6) is 2.15. The van der Waals surface area contributed by atoms with Crippen LogP contribution in [-0.2, 0) is 24.2 Å².